The summed E-state index contributed by atoms with van der Waals surface area (Å²) in [5, 5.41) is 8.87. The fourth-order valence-electron chi connectivity index (χ4n) is 2.02. The van der Waals surface area contributed by atoms with Crippen LogP contribution in [0.1, 0.15) is 15.9 Å². The van der Waals surface area contributed by atoms with Crippen molar-refractivity contribution in [2.75, 3.05) is 13.2 Å². The molecule has 5 heteroatoms. The van der Waals surface area contributed by atoms with E-state index < -0.39 is 5.97 Å². The molecule has 0 amide bonds. The number of carboxylic acid groups (broad SMARTS) is 1. The van der Waals surface area contributed by atoms with Gasteiger partial charge in [0.05, 0.1) is 5.56 Å². The third kappa shape index (κ3) is 3.31. The number of ether oxygens (including phenoxy) is 2. The van der Waals surface area contributed by atoms with Gasteiger partial charge in [0.2, 0.25) is 0 Å². The van der Waals surface area contributed by atoms with Gasteiger partial charge in [-0.2, -0.15) is 0 Å². The van der Waals surface area contributed by atoms with Crippen LogP contribution in [0, 0.1) is 0 Å². The van der Waals surface area contributed by atoms with Crippen molar-refractivity contribution in [2.45, 2.75) is 10.6 Å². The number of fused-ring (bicyclic) bond motifs is 1. The number of rotatable bonds is 4. The first-order valence-corrected chi connectivity index (χ1v) is 7.55. The summed E-state index contributed by atoms with van der Waals surface area (Å²) in [7, 11) is 0. The zero-order valence-corrected chi connectivity index (χ0v) is 12.1. The first-order valence-electron chi connectivity index (χ1n) is 6.57. The Hall–Kier alpha value is -2.14. The number of carbonyl (C=O) groups is 1. The zero-order valence-electron chi connectivity index (χ0n) is 11.2. The van der Waals surface area contributed by atoms with E-state index in [4.69, 9.17) is 14.6 Å². The standard InChI is InChI=1S/C16H14O4S/c17-16(18)12-3-1-11(2-4-12)10-21-13-5-6-14-15(9-13)20-8-7-19-14/h1-6,9H,7-8,10H2,(H,17,18). The average Bonchev–Trinajstić information content (AvgIpc) is 2.53. The minimum absolute atomic E-state index is 0.308. The largest absolute Gasteiger partial charge is 0.486 e. The lowest BCUT2D eigenvalue weighted by Gasteiger charge is -2.18. The van der Waals surface area contributed by atoms with E-state index in [1.165, 1.54) is 0 Å². The van der Waals surface area contributed by atoms with Gasteiger partial charge >= 0.3 is 5.97 Å². The van der Waals surface area contributed by atoms with E-state index >= 15 is 0 Å². The number of hydrogen-bond donors (Lipinski definition) is 1. The minimum Gasteiger partial charge on any atom is -0.486 e. The molecule has 1 heterocycles. The van der Waals surface area contributed by atoms with E-state index in [0.29, 0.717) is 18.8 Å². The highest BCUT2D eigenvalue weighted by Gasteiger charge is 2.11. The van der Waals surface area contributed by atoms with Gasteiger partial charge in [0.1, 0.15) is 13.2 Å². The second kappa shape index (κ2) is 6.10. The molecule has 108 valence electrons. The molecule has 0 aromatic heterocycles. The van der Waals surface area contributed by atoms with Gasteiger partial charge in [0.15, 0.2) is 11.5 Å². The lowest BCUT2D eigenvalue weighted by Crippen LogP contribution is -2.15. The average molecular weight is 302 g/mol. The predicted octanol–water partition coefficient (Wildman–Crippen LogP) is 3.45. The molecule has 1 aliphatic heterocycles. The van der Waals surface area contributed by atoms with E-state index in [1.54, 1.807) is 23.9 Å². The van der Waals surface area contributed by atoms with Crippen LogP contribution in [0.15, 0.2) is 47.4 Å². The Kier molecular flexibility index (Phi) is 4.01. The molecule has 0 bridgehead atoms. The van der Waals surface area contributed by atoms with Crippen LogP contribution in [0.4, 0.5) is 0 Å². The van der Waals surface area contributed by atoms with Crippen LogP contribution < -0.4 is 9.47 Å². The fraction of sp³-hybridized carbons (Fsp3) is 0.188. The molecule has 1 N–H and O–H groups in total. The number of aromatic carboxylic acids is 1. The molecule has 0 spiro atoms. The van der Waals surface area contributed by atoms with Crippen molar-refractivity contribution in [3.05, 3.63) is 53.6 Å². The summed E-state index contributed by atoms with van der Waals surface area (Å²) in [6, 6.07) is 12.8. The summed E-state index contributed by atoms with van der Waals surface area (Å²) in [4.78, 5) is 11.9. The first kappa shape index (κ1) is 13.8. The smallest absolute Gasteiger partial charge is 0.335 e. The molecule has 0 radical (unpaired) electrons. The normalized spacial score (nSPS) is 13.0. The molecule has 0 atom stereocenters. The highest BCUT2D eigenvalue weighted by Crippen LogP contribution is 2.35. The lowest BCUT2D eigenvalue weighted by molar-refractivity contribution is 0.0697. The van der Waals surface area contributed by atoms with E-state index in [1.807, 2.05) is 30.3 Å². The van der Waals surface area contributed by atoms with Gasteiger partial charge in [-0.05, 0) is 35.9 Å². The Bertz CT molecular complexity index is 652. The van der Waals surface area contributed by atoms with Gasteiger partial charge in [-0.15, -0.1) is 11.8 Å². The Balaban J connectivity index is 1.65. The summed E-state index contributed by atoms with van der Waals surface area (Å²) in [6.45, 7) is 1.17. The lowest BCUT2D eigenvalue weighted by atomic mass is 10.1. The second-order valence-electron chi connectivity index (χ2n) is 4.60. The van der Waals surface area contributed by atoms with Gasteiger partial charge in [-0.1, -0.05) is 12.1 Å². The predicted molar refractivity (Wildman–Crippen MR) is 80.4 cm³/mol. The van der Waals surface area contributed by atoms with Gasteiger partial charge in [-0.25, -0.2) is 4.79 Å². The van der Waals surface area contributed by atoms with Gasteiger partial charge in [-0.3, -0.25) is 0 Å². The molecule has 1 aliphatic rings. The molecular weight excluding hydrogens is 288 g/mol. The van der Waals surface area contributed by atoms with Gasteiger partial charge in [0, 0.05) is 10.6 Å². The molecule has 0 aliphatic carbocycles. The van der Waals surface area contributed by atoms with Crippen LogP contribution in [0.5, 0.6) is 11.5 Å². The van der Waals surface area contributed by atoms with E-state index in [-0.39, 0.29) is 0 Å². The maximum absolute atomic E-state index is 10.8. The SMILES string of the molecule is O=C(O)c1ccc(CSc2ccc3c(c2)OCCO3)cc1. The zero-order chi connectivity index (χ0) is 14.7. The fourth-order valence-corrected chi connectivity index (χ4v) is 2.90. The molecule has 2 aromatic rings. The second-order valence-corrected chi connectivity index (χ2v) is 5.64. The van der Waals surface area contributed by atoms with E-state index in [9.17, 15) is 4.79 Å². The molecule has 0 fully saturated rings. The third-order valence-electron chi connectivity index (χ3n) is 3.12. The highest BCUT2D eigenvalue weighted by atomic mass is 32.2. The Morgan fingerprint density at radius 2 is 1.76 bits per heavy atom. The minimum atomic E-state index is -0.902. The summed E-state index contributed by atoms with van der Waals surface area (Å²) >= 11 is 1.68. The summed E-state index contributed by atoms with van der Waals surface area (Å²) in [5.41, 5.74) is 1.39. The molecule has 0 saturated heterocycles. The van der Waals surface area contributed by atoms with Crippen molar-refractivity contribution in [1.82, 2.24) is 0 Å². The summed E-state index contributed by atoms with van der Waals surface area (Å²) in [6.07, 6.45) is 0. The van der Waals surface area contributed by atoms with Gasteiger partial charge in [0.25, 0.3) is 0 Å². The molecule has 0 saturated carbocycles. The Labute approximate surface area is 126 Å². The van der Waals surface area contributed by atoms with Crippen molar-refractivity contribution in [3.8, 4) is 11.5 Å². The van der Waals surface area contributed by atoms with E-state index in [0.717, 1.165) is 27.7 Å². The van der Waals surface area contributed by atoms with Gasteiger partial charge < -0.3 is 14.6 Å². The summed E-state index contributed by atoms with van der Waals surface area (Å²) < 4.78 is 11.0. The topological polar surface area (TPSA) is 55.8 Å². The Morgan fingerprint density at radius 3 is 2.48 bits per heavy atom. The molecule has 2 aromatic carbocycles. The van der Waals surface area contributed by atoms with Crippen molar-refractivity contribution in [2.24, 2.45) is 0 Å². The molecule has 0 unspecified atom stereocenters. The highest BCUT2D eigenvalue weighted by molar-refractivity contribution is 7.98. The summed E-state index contributed by atoms with van der Waals surface area (Å²) in [5.74, 6) is 1.45. The third-order valence-corrected chi connectivity index (χ3v) is 4.18. The number of thioether (sulfide) groups is 1. The number of benzene rings is 2. The van der Waals surface area contributed by atoms with Crippen molar-refractivity contribution in [3.63, 3.8) is 0 Å². The molecule has 21 heavy (non-hydrogen) atoms. The molecule has 3 rings (SSSR count). The molecule has 4 nitrogen and oxygen atoms in total. The molecular formula is C16H14O4S. The number of hydrogen-bond acceptors (Lipinski definition) is 4. The van der Waals surface area contributed by atoms with Crippen LogP contribution in [-0.4, -0.2) is 24.3 Å². The van der Waals surface area contributed by atoms with Crippen molar-refractivity contribution < 1.29 is 19.4 Å². The van der Waals surface area contributed by atoms with E-state index in [2.05, 4.69) is 0 Å². The van der Waals surface area contributed by atoms with Crippen LogP contribution in [-0.2, 0) is 5.75 Å². The Morgan fingerprint density at radius 1 is 1.05 bits per heavy atom. The van der Waals surface area contributed by atoms with Crippen LogP contribution in [0.3, 0.4) is 0 Å². The van der Waals surface area contributed by atoms with Crippen molar-refractivity contribution in [1.29, 1.82) is 0 Å². The monoisotopic (exact) mass is 302 g/mol. The maximum atomic E-state index is 10.8. The van der Waals surface area contributed by atoms with Crippen LogP contribution in [0.2, 0.25) is 0 Å². The maximum Gasteiger partial charge on any atom is 0.335 e. The van der Waals surface area contributed by atoms with Crippen LogP contribution >= 0.6 is 11.8 Å². The van der Waals surface area contributed by atoms with Crippen molar-refractivity contribution >= 4 is 17.7 Å². The quantitative estimate of drug-likeness (QED) is 0.877. The first-order chi connectivity index (χ1) is 10.2. The number of carboxylic acids is 1. The van der Waals surface area contributed by atoms with Crippen LogP contribution in [0.25, 0.3) is 0 Å².